The first-order valence-corrected chi connectivity index (χ1v) is 14.5. The van der Waals surface area contributed by atoms with Crippen LogP contribution in [-0.2, 0) is 0 Å². The van der Waals surface area contributed by atoms with E-state index in [0.29, 0.717) is 0 Å². The third-order valence-corrected chi connectivity index (χ3v) is 8.43. The summed E-state index contributed by atoms with van der Waals surface area (Å²) in [6.07, 6.45) is 0. The standard InChI is InChI=1S/C40H25NO2/c1-2-8-30(9-3-1)41(32-20-21-35-33-10-4-6-12-37(33)43-40(35)25-32)31-18-16-26(17-19-31)27-14-15-28-24-39-36(23-29(28)22-27)34-11-5-7-13-38(34)42-39/h1-25H. The second kappa shape index (κ2) is 9.37. The summed E-state index contributed by atoms with van der Waals surface area (Å²) in [5.41, 5.74) is 9.20. The van der Waals surface area contributed by atoms with Crippen LogP contribution in [0.4, 0.5) is 17.1 Å². The molecule has 0 radical (unpaired) electrons. The molecule has 0 aliphatic rings. The largest absolute Gasteiger partial charge is 0.456 e. The quantitative estimate of drug-likeness (QED) is 0.218. The molecule has 202 valence electrons. The molecule has 2 heterocycles. The van der Waals surface area contributed by atoms with Crippen LogP contribution in [0.3, 0.4) is 0 Å². The van der Waals surface area contributed by atoms with Gasteiger partial charge in [-0.2, -0.15) is 0 Å². The van der Waals surface area contributed by atoms with E-state index < -0.39 is 0 Å². The highest BCUT2D eigenvalue weighted by Gasteiger charge is 2.16. The number of hydrogen-bond acceptors (Lipinski definition) is 3. The summed E-state index contributed by atoms with van der Waals surface area (Å²) in [5.74, 6) is 0. The third kappa shape index (κ3) is 3.90. The highest BCUT2D eigenvalue weighted by atomic mass is 16.3. The fourth-order valence-corrected chi connectivity index (χ4v) is 6.33. The first-order chi connectivity index (χ1) is 21.3. The summed E-state index contributed by atoms with van der Waals surface area (Å²) >= 11 is 0. The van der Waals surface area contributed by atoms with E-state index in [4.69, 9.17) is 8.83 Å². The topological polar surface area (TPSA) is 29.5 Å². The molecule has 0 N–H and O–H groups in total. The van der Waals surface area contributed by atoms with Crippen molar-refractivity contribution in [1.82, 2.24) is 0 Å². The first-order valence-electron chi connectivity index (χ1n) is 14.5. The molecule has 0 bridgehead atoms. The molecule has 0 fully saturated rings. The molecule has 0 saturated heterocycles. The van der Waals surface area contributed by atoms with Crippen LogP contribution in [0.1, 0.15) is 0 Å². The van der Waals surface area contributed by atoms with E-state index in [9.17, 15) is 0 Å². The fourth-order valence-electron chi connectivity index (χ4n) is 6.33. The van der Waals surface area contributed by atoms with Crippen LogP contribution in [-0.4, -0.2) is 0 Å². The Hall–Kier alpha value is -5.80. The molecular formula is C40H25NO2. The molecular weight excluding hydrogens is 526 g/mol. The van der Waals surface area contributed by atoms with Gasteiger partial charge in [0.15, 0.2) is 0 Å². The van der Waals surface area contributed by atoms with Crippen molar-refractivity contribution in [2.75, 3.05) is 4.90 Å². The Kier molecular flexibility index (Phi) is 5.20. The Morgan fingerprint density at radius 1 is 0.326 bits per heavy atom. The maximum Gasteiger partial charge on any atom is 0.137 e. The molecule has 7 aromatic carbocycles. The Balaban J connectivity index is 1.12. The van der Waals surface area contributed by atoms with Gasteiger partial charge in [-0.3, -0.25) is 0 Å². The van der Waals surface area contributed by atoms with Crippen molar-refractivity contribution in [3.8, 4) is 11.1 Å². The van der Waals surface area contributed by atoms with Crippen molar-refractivity contribution in [3.63, 3.8) is 0 Å². The predicted molar refractivity (Wildman–Crippen MR) is 179 cm³/mol. The summed E-state index contributed by atoms with van der Waals surface area (Å²) in [6.45, 7) is 0. The van der Waals surface area contributed by atoms with E-state index in [1.54, 1.807) is 0 Å². The van der Waals surface area contributed by atoms with Crippen molar-refractivity contribution >= 4 is 71.7 Å². The minimum absolute atomic E-state index is 0.881. The van der Waals surface area contributed by atoms with E-state index in [1.807, 2.05) is 30.3 Å². The van der Waals surface area contributed by atoms with Gasteiger partial charge in [-0.1, -0.05) is 78.9 Å². The van der Waals surface area contributed by atoms with Gasteiger partial charge in [0.25, 0.3) is 0 Å². The Morgan fingerprint density at radius 2 is 0.907 bits per heavy atom. The third-order valence-electron chi connectivity index (χ3n) is 8.43. The van der Waals surface area contributed by atoms with Crippen molar-refractivity contribution in [1.29, 1.82) is 0 Å². The number of para-hydroxylation sites is 3. The summed E-state index contributed by atoms with van der Waals surface area (Å²) in [7, 11) is 0. The Morgan fingerprint density at radius 3 is 1.67 bits per heavy atom. The lowest BCUT2D eigenvalue weighted by Gasteiger charge is -2.25. The van der Waals surface area contributed by atoms with E-state index in [1.165, 1.54) is 21.9 Å². The minimum Gasteiger partial charge on any atom is -0.456 e. The van der Waals surface area contributed by atoms with Gasteiger partial charge in [0.2, 0.25) is 0 Å². The molecule has 0 atom stereocenters. The molecule has 9 rings (SSSR count). The van der Waals surface area contributed by atoms with Gasteiger partial charge >= 0.3 is 0 Å². The molecule has 0 amide bonds. The zero-order valence-electron chi connectivity index (χ0n) is 23.2. The summed E-state index contributed by atoms with van der Waals surface area (Å²) < 4.78 is 12.4. The van der Waals surface area contributed by atoms with Gasteiger partial charge in [-0.15, -0.1) is 0 Å². The Bertz CT molecular complexity index is 2450. The zero-order valence-corrected chi connectivity index (χ0v) is 23.2. The van der Waals surface area contributed by atoms with E-state index in [-0.39, 0.29) is 0 Å². The van der Waals surface area contributed by atoms with Gasteiger partial charge in [0.1, 0.15) is 22.3 Å². The number of nitrogens with zero attached hydrogens (tertiary/aromatic N) is 1. The van der Waals surface area contributed by atoms with Crippen molar-refractivity contribution in [3.05, 3.63) is 152 Å². The SMILES string of the molecule is c1ccc(N(c2ccc(-c3ccc4cc5oc6ccccc6c5cc4c3)cc2)c2ccc3c(c2)oc2ccccc23)cc1. The van der Waals surface area contributed by atoms with Crippen LogP contribution in [0.5, 0.6) is 0 Å². The molecule has 0 aliphatic heterocycles. The smallest absolute Gasteiger partial charge is 0.137 e. The van der Waals surface area contributed by atoms with Crippen LogP contribution in [0.25, 0.3) is 65.8 Å². The molecule has 3 nitrogen and oxygen atoms in total. The van der Waals surface area contributed by atoms with Crippen molar-refractivity contribution in [2.45, 2.75) is 0 Å². The second-order valence-electron chi connectivity index (χ2n) is 11.0. The monoisotopic (exact) mass is 551 g/mol. The van der Waals surface area contributed by atoms with Crippen LogP contribution in [0.15, 0.2) is 160 Å². The molecule has 43 heavy (non-hydrogen) atoms. The van der Waals surface area contributed by atoms with E-state index in [2.05, 4.69) is 126 Å². The number of anilines is 3. The lowest BCUT2D eigenvalue weighted by molar-refractivity contribution is 0.669. The van der Waals surface area contributed by atoms with Gasteiger partial charge < -0.3 is 13.7 Å². The molecule has 0 spiro atoms. The average molecular weight is 552 g/mol. The lowest BCUT2D eigenvalue weighted by atomic mass is 9.99. The van der Waals surface area contributed by atoms with Gasteiger partial charge in [0.05, 0.1) is 0 Å². The summed E-state index contributed by atoms with van der Waals surface area (Å²) in [5, 5.41) is 6.93. The fraction of sp³-hybridized carbons (Fsp3) is 0. The maximum absolute atomic E-state index is 6.24. The van der Waals surface area contributed by atoms with Crippen LogP contribution in [0.2, 0.25) is 0 Å². The van der Waals surface area contributed by atoms with Crippen molar-refractivity contribution < 1.29 is 8.83 Å². The molecule has 0 saturated carbocycles. The van der Waals surface area contributed by atoms with Crippen LogP contribution in [0, 0.1) is 0 Å². The summed E-state index contributed by atoms with van der Waals surface area (Å²) in [4.78, 5) is 2.28. The summed E-state index contributed by atoms with van der Waals surface area (Å²) in [6, 6.07) is 53.2. The van der Waals surface area contributed by atoms with E-state index >= 15 is 0 Å². The molecule has 0 aliphatic carbocycles. The van der Waals surface area contributed by atoms with E-state index in [0.717, 1.165) is 60.9 Å². The highest BCUT2D eigenvalue weighted by molar-refractivity contribution is 6.10. The predicted octanol–water partition coefficient (Wildman–Crippen LogP) is 11.8. The molecule has 9 aromatic rings. The maximum atomic E-state index is 6.24. The zero-order chi connectivity index (χ0) is 28.3. The normalized spacial score (nSPS) is 11.7. The van der Waals surface area contributed by atoms with Crippen LogP contribution < -0.4 is 4.90 Å². The van der Waals surface area contributed by atoms with Crippen molar-refractivity contribution in [2.24, 2.45) is 0 Å². The number of benzene rings is 7. The second-order valence-corrected chi connectivity index (χ2v) is 11.0. The number of hydrogen-bond donors (Lipinski definition) is 0. The molecule has 3 heteroatoms. The van der Waals surface area contributed by atoms with Crippen LogP contribution >= 0.6 is 0 Å². The lowest BCUT2D eigenvalue weighted by Crippen LogP contribution is -2.09. The van der Waals surface area contributed by atoms with Gasteiger partial charge in [-0.25, -0.2) is 0 Å². The first kappa shape index (κ1) is 23.9. The van der Waals surface area contributed by atoms with Gasteiger partial charge in [-0.05, 0) is 88.6 Å². The average Bonchev–Trinajstić information content (AvgIpc) is 3.62. The number of furan rings is 2. The van der Waals surface area contributed by atoms with Gasteiger partial charge in [0, 0.05) is 44.7 Å². The Labute approximate surface area is 247 Å². The molecule has 0 unspecified atom stereocenters. The number of fused-ring (bicyclic) bond motifs is 7. The highest BCUT2D eigenvalue weighted by Crippen LogP contribution is 2.39. The minimum atomic E-state index is 0.881. The number of rotatable bonds is 4. The molecule has 2 aromatic heterocycles.